The molecule has 0 amide bonds. The van der Waals surface area contributed by atoms with Crippen LogP contribution in [-0.4, -0.2) is 4.98 Å². The minimum Gasteiger partial charge on any atom is -0.320 e. The second-order valence-electron chi connectivity index (χ2n) is 3.58. The zero-order valence-corrected chi connectivity index (χ0v) is 10.3. The van der Waals surface area contributed by atoms with Crippen LogP contribution < -0.4 is 5.73 Å². The molecule has 17 heavy (non-hydrogen) atoms. The Kier molecular flexibility index (Phi) is 3.49. The lowest BCUT2D eigenvalue weighted by Crippen LogP contribution is -2.13. The van der Waals surface area contributed by atoms with Gasteiger partial charge >= 0.3 is 0 Å². The molecule has 0 aliphatic heterocycles. The van der Waals surface area contributed by atoms with E-state index in [1.54, 1.807) is 6.07 Å². The highest BCUT2D eigenvalue weighted by Crippen LogP contribution is 2.27. The Balaban J connectivity index is 2.40. The Morgan fingerprint density at radius 3 is 2.53 bits per heavy atom. The van der Waals surface area contributed by atoms with E-state index in [0.29, 0.717) is 15.6 Å². The van der Waals surface area contributed by atoms with Gasteiger partial charge in [-0.3, -0.25) is 4.98 Å². The lowest BCUT2D eigenvalue weighted by atomic mass is 10.0. The number of halogens is 3. The first kappa shape index (κ1) is 12.1. The zero-order chi connectivity index (χ0) is 12.4. The van der Waals surface area contributed by atoms with E-state index in [4.69, 9.17) is 5.73 Å². The third kappa shape index (κ3) is 2.68. The molecule has 0 aliphatic rings. The van der Waals surface area contributed by atoms with Crippen LogP contribution in [0.15, 0.2) is 41.1 Å². The summed E-state index contributed by atoms with van der Waals surface area (Å²) in [5, 5.41) is 0. The first-order valence-corrected chi connectivity index (χ1v) is 5.68. The van der Waals surface area contributed by atoms with Crippen molar-refractivity contribution in [3.63, 3.8) is 0 Å². The standard InChI is InChI=1S/C12H9BrF2N2/c13-11-4-8(14)1-2-10(11)12(16)7-3-9(15)6-17-5-7/h1-6,12H,16H2. The summed E-state index contributed by atoms with van der Waals surface area (Å²) in [6.07, 6.45) is 2.60. The van der Waals surface area contributed by atoms with Gasteiger partial charge in [-0.05, 0) is 29.3 Å². The Hall–Kier alpha value is -1.33. The van der Waals surface area contributed by atoms with Gasteiger partial charge in [-0.15, -0.1) is 0 Å². The van der Waals surface area contributed by atoms with Gasteiger partial charge in [-0.2, -0.15) is 0 Å². The van der Waals surface area contributed by atoms with Crippen LogP contribution in [-0.2, 0) is 0 Å². The van der Waals surface area contributed by atoms with Crippen LogP contribution in [0.4, 0.5) is 8.78 Å². The van der Waals surface area contributed by atoms with Crippen LogP contribution in [0, 0.1) is 11.6 Å². The molecule has 1 unspecified atom stereocenters. The van der Waals surface area contributed by atoms with Crippen molar-refractivity contribution in [1.29, 1.82) is 0 Å². The molecule has 0 aliphatic carbocycles. The average molecular weight is 299 g/mol. The molecule has 2 aromatic rings. The first-order valence-electron chi connectivity index (χ1n) is 4.89. The molecule has 0 saturated heterocycles. The first-order chi connectivity index (χ1) is 8.08. The predicted molar refractivity (Wildman–Crippen MR) is 64.3 cm³/mol. The molecule has 88 valence electrons. The fourth-order valence-electron chi connectivity index (χ4n) is 1.53. The summed E-state index contributed by atoms with van der Waals surface area (Å²) in [6, 6.07) is 4.96. The van der Waals surface area contributed by atoms with Gasteiger partial charge in [0.15, 0.2) is 0 Å². The van der Waals surface area contributed by atoms with Gasteiger partial charge in [0.05, 0.1) is 12.2 Å². The van der Waals surface area contributed by atoms with Crippen LogP contribution in [0.1, 0.15) is 17.2 Å². The Bertz CT molecular complexity index is 546. The molecule has 1 heterocycles. The quantitative estimate of drug-likeness (QED) is 0.925. The number of benzene rings is 1. The highest BCUT2D eigenvalue weighted by Gasteiger charge is 2.13. The van der Waals surface area contributed by atoms with E-state index < -0.39 is 11.9 Å². The Morgan fingerprint density at radius 2 is 1.88 bits per heavy atom. The minimum absolute atomic E-state index is 0.356. The number of pyridine rings is 1. The van der Waals surface area contributed by atoms with Crippen molar-refractivity contribution in [1.82, 2.24) is 4.98 Å². The normalized spacial score (nSPS) is 12.5. The van der Waals surface area contributed by atoms with Gasteiger partial charge in [0.1, 0.15) is 11.6 Å². The molecule has 2 nitrogen and oxygen atoms in total. The monoisotopic (exact) mass is 298 g/mol. The smallest absolute Gasteiger partial charge is 0.141 e. The van der Waals surface area contributed by atoms with Crippen LogP contribution in [0.5, 0.6) is 0 Å². The summed E-state index contributed by atoms with van der Waals surface area (Å²) in [6.45, 7) is 0. The molecular formula is C12H9BrF2N2. The Labute approximate surface area is 106 Å². The number of nitrogens with two attached hydrogens (primary N) is 1. The molecule has 0 fully saturated rings. The predicted octanol–water partition coefficient (Wildman–Crippen LogP) is 3.17. The van der Waals surface area contributed by atoms with Gasteiger partial charge in [-0.25, -0.2) is 8.78 Å². The third-order valence-corrected chi connectivity index (χ3v) is 3.07. The molecule has 1 aromatic heterocycles. The maximum Gasteiger partial charge on any atom is 0.141 e. The van der Waals surface area contributed by atoms with Gasteiger partial charge < -0.3 is 5.73 Å². The van der Waals surface area contributed by atoms with Crippen molar-refractivity contribution >= 4 is 15.9 Å². The molecule has 1 atom stereocenters. The van der Waals surface area contributed by atoms with Crippen LogP contribution >= 0.6 is 15.9 Å². The van der Waals surface area contributed by atoms with Crippen molar-refractivity contribution < 1.29 is 8.78 Å². The molecular weight excluding hydrogens is 290 g/mol. The van der Waals surface area contributed by atoms with Crippen molar-refractivity contribution in [2.75, 3.05) is 0 Å². The van der Waals surface area contributed by atoms with Gasteiger partial charge in [0, 0.05) is 10.7 Å². The third-order valence-electron chi connectivity index (χ3n) is 2.38. The van der Waals surface area contributed by atoms with Crippen LogP contribution in [0.2, 0.25) is 0 Å². The summed E-state index contributed by atoms with van der Waals surface area (Å²) in [5.41, 5.74) is 7.20. The molecule has 0 spiro atoms. The summed E-state index contributed by atoms with van der Waals surface area (Å²) >= 11 is 3.23. The van der Waals surface area contributed by atoms with Gasteiger partial charge in [0.2, 0.25) is 0 Å². The Morgan fingerprint density at radius 1 is 1.12 bits per heavy atom. The topological polar surface area (TPSA) is 38.9 Å². The van der Waals surface area contributed by atoms with Crippen LogP contribution in [0.25, 0.3) is 0 Å². The number of aromatic nitrogens is 1. The van der Waals surface area contributed by atoms with E-state index in [1.165, 1.54) is 24.4 Å². The summed E-state index contributed by atoms with van der Waals surface area (Å²) < 4.78 is 26.5. The molecule has 1 aromatic carbocycles. The van der Waals surface area contributed by atoms with Crippen molar-refractivity contribution in [3.05, 3.63) is 63.9 Å². The summed E-state index contributed by atoms with van der Waals surface area (Å²) in [4.78, 5) is 3.73. The number of rotatable bonds is 2. The fourth-order valence-corrected chi connectivity index (χ4v) is 2.13. The SMILES string of the molecule is NC(c1cncc(F)c1)c1ccc(F)cc1Br. The lowest BCUT2D eigenvalue weighted by Gasteiger charge is -2.14. The maximum atomic E-state index is 13.0. The maximum absolute atomic E-state index is 13.0. The number of hydrogen-bond donors (Lipinski definition) is 1. The molecule has 5 heteroatoms. The van der Waals surface area contributed by atoms with Crippen molar-refractivity contribution in [2.45, 2.75) is 6.04 Å². The average Bonchev–Trinajstić information content (AvgIpc) is 2.28. The largest absolute Gasteiger partial charge is 0.320 e. The van der Waals surface area contributed by atoms with E-state index in [2.05, 4.69) is 20.9 Å². The fraction of sp³-hybridized carbons (Fsp3) is 0.0833. The highest BCUT2D eigenvalue weighted by molar-refractivity contribution is 9.10. The molecule has 2 N–H and O–H groups in total. The lowest BCUT2D eigenvalue weighted by molar-refractivity contribution is 0.615. The van der Waals surface area contributed by atoms with E-state index in [-0.39, 0.29) is 5.82 Å². The van der Waals surface area contributed by atoms with Crippen LogP contribution in [0.3, 0.4) is 0 Å². The molecule has 2 rings (SSSR count). The van der Waals surface area contributed by atoms with Crippen molar-refractivity contribution in [3.8, 4) is 0 Å². The second kappa shape index (κ2) is 4.89. The van der Waals surface area contributed by atoms with Gasteiger partial charge in [-0.1, -0.05) is 22.0 Å². The summed E-state index contributed by atoms with van der Waals surface area (Å²) in [7, 11) is 0. The van der Waals surface area contributed by atoms with E-state index >= 15 is 0 Å². The molecule has 0 saturated carbocycles. The molecule has 0 radical (unpaired) electrons. The van der Waals surface area contributed by atoms with Gasteiger partial charge in [0.25, 0.3) is 0 Å². The number of hydrogen-bond acceptors (Lipinski definition) is 2. The van der Waals surface area contributed by atoms with E-state index in [0.717, 1.165) is 6.20 Å². The van der Waals surface area contributed by atoms with E-state index in [9.17, 15) is 8.78 Å². The van der Waals surface area contributed by atoms with E-state index in [1.807, 2.05) is 0 Å². The zero-order valence-electron chi connectivity index (χ0n) is 8.70. The second-order valence-corrected chi connectivity index (χ2v) is 4.43. The molecule has 0 bridgehead atoms. The summed E-state index contributed by atoms with van der Waals surface area (Å²) in [5.74, 6) is -0.804. The number of nitrogens with zero attached hydrogens (tertiary/aromatic N) is 1. The highest BCUT2D eigenvalue weighted by atomic mass is 79.9. The minimum atomic E-state index is -0.548. The van der Waals surface area contributed by atoms with Crippen molar-refractivity contribution in [2.24, 2.45) is 5.73 Å².